The van der Waals surface area contributed by atoms with Crippen LogP contribution in [0.5, 0.6) is 0 Å². The molecule has 0 unspecified atom stereocenters. The predicted octanol–water partition coefficient (Wildman–Crippen LogP) is 1.95. The Morgan fingerprint density at radius 3 is 2.75 bits per heavy atom. The zero-order valence-corrected chi connectivity index (χ0v) is 12.5. The second-order valence-corrected chi connectivity index (χ2v) is 5.01. The molecule has 1 N–H and O–H groups in total. The van der Waals surface area contributed by atoms with Gasteiger partial charge in [-0.2, -0.15) is 0 Å². The van der Waals surface area contributed by atoms with Gasteiger partial charge < -0.3 is 14.8 Å². The monoisotopic (exact) mass is 273 g/mol. The van der Waals surface area contributed by atoms with Crippen molar-refractivity contribution < 1.29 is 0 Å². The van der Waals surface area contributed by atoms with Crippen molar-refractivity contribution in [3.05, 3.63) is 42.1 Å². The highest BCUT2D eigenvalue weighted by atomic mass is 15.2. The summed E-state index contributed by atoms with van der Waals surface area (Å²) in [6.07, 6.45) is 6.86. The van der Waals surface area contributed by atoms with Crippen LogP contribution in [0, 0.1) is 0 Å². The fourth-order valence-electron chi connectivity index (χ4n) is 2.00. The molecule has 0 aromatic carbocycles. The van der Waals surface area contributed by atoms with Gasteiger partial charge in [-0.1, -0.05) is 13.0 Å². The highest BCUT2D eigenvalue weighted by Crippen LogP contribution is 2.12. The molecule has 0 aliphatic carbocycles. The van der Waals surface area contributed by atoms with Crippen molar-refractivity contribution >= 4 is 5.82 Å². The summed E-state index contributed by atoms with van der Waals surface area (Å²) in [5.41, 5.74) is 1.22. The Morgan fingerprint density at radius 2 is 2.15 bits per heavy atom. The van der Waals surface area contributed by atoms with Crippen LogP contribution in [-0.4, -0.2) is 28.1 Å². The van der Waals surface area contributed by atoms with E-state index >= 15 is 0 Å². The summed E-state index contributed by atoms with van der Waals surface area (Å²) in [7, 11) is 4.04. The van der Waals surface area contributed by atoms with Crippen LogP contribution in [0.2, 0.25) is 0 Å². The van der Waals surface area contributed by atoms with E-state index in [2.05, 4.69) is 39.2 Å². The first-order chi connectivity index (χ1) is 9.70. The molecule has 0 radical (unpaired) electrons. The van der Waals surface area contributed by atoms with Gasteiger partial charge in [-0.05, 0) is 24.6 Å². The molecule has 0 spiro atoms. The van der Waals surface area contributed by atoms with E-state index in [0.717, 1.165) is 37.7 Å². The third-order valence-corrected chi connectivity index (χ3v) is 3.26. The van der Waals surface area contributed by atoms with Crippen molar-refractivity contribution in [2.24, 2.45) is 7.05 Å². The third kappa shape index (κ3) is 3.81. The van der Waals surface area contributed by atoms with E-state index < -0.39 is 0 Å². The fourth-order valence-corrected chi connectivity index (χ4v) is 2.00. The van der Waals surface area contributed by atoms with Crippen LogP contribution in [0.25, 0.3) is 0 Å². The minimum absolute atomic E-state index is 0.754. The number of pyridine rings is 1. The van der Waals surface area contributed by atoms with Gasteiger partial charge in [0.25, 0.3) is 0 Å². The lowest BCUT2D eigenvalue weighted by atomic mass is 10.2. The van der Waals surface area contributed by atoms with Crippen LogP contribution < -0.4 is 10.2 Å². The molecule has 0 saturated heterocycles. The molecule has 2 heterocycles. The Bertz CT molecular complexity index is 517. The number of anilines is 1. The second-order valence-electron chi connectivity index (χ2n) is 5.01. The average Bonchev–Trinajstić information content (AvgIpc) is 2.85. The molecule has 0 bridgehead atoms. The summed E-state index contributed by atoms with van der Waals surface area (Å²) in [6.45, 7) is 4.84. The molecule has 0 amide bonds. The molecule has 0 saturated carbocycles. The van der Waals surface area contributed by atoms with Crippen LogP contribution in [0.4, 0.5) is 5.82 Å². The highest BCUT2D eigenvalue weighted by molar-refractivity contribution is 5.38. The smallest absolute Gasteiger partial charge is 0.128 e. The van der Waals surface area contributed by atoms with Crippen LogP contribution >= 0.6 is 0 Å². The first kappa shape index (κ1) is 14.5. The topological polar surface area (TPSA) is 46.0 Å². The zero-order valence-electron chi connectivity index (χ0n) is 12.5. The van der Waals surface area contributed by atoms with Gasteiger partial charge in [0.1, 0.15) is 11.6 Å². The van der Waals surface area contributed by atoms with Crippen molar-refractivity contribution in [1.82, 2.24) is 19.9 Å². The maximum Gasteiger partial charge on any atom is 0.128 e. The van der Waals surface area contributed by atoms with Crippen molar-refractivity contribution in [2.45, 2.75) is 26.4 Å². The van der Waals surface area contributed by atoms with Crippen LogP contribution in [0.1, 0.15) is 24.7 Å². The third-order valence-electron chi connectivity index (χ3n) is 3.26. The van der Waals surface area contributed by atoms with Crippen LogP contribution in [0.15, 0.2) is 30.7 Å². The molecular weight excluding hydrogens is 250 g/mol. The Labute approximate surface area is 120 Å². The maximum absolute atomic E-state index is 4.52. The molecule has 0 aliphatic heterocycles. The summed E-state index contributed by atoms with van der Waals surface area (Å²) in [6, 6.07) is 4.19. The first-order valence-electron chi connectivity index (χ1n) is 7.03. The minimum Gasteiger partial charge on any atom is -0.352 e. The minimum atomic E-state index is 0.754. The van der Waals surface area contributed by atoms with Gasteiger partial charge in [-0.25, -0.2) is 9.97 Å². The standard InChI is InChI=1S/C15H23N5/c1-4-7-16-10-13-5-6-14(18-11-13)20(3)12-15-17-8-9-19(15)2/h5-6,8-9,11,16H,4,7,10,12H2,1-3H3. The molecule has 108 valence electrons. The lowest BCUT2D eigenvalue weighted by molar-refractivity contribution is 0.673. The SMILES string of the molecule is CCCNCc1ccc(N(C)Cc2nccn2C)nc1. The molecule has 2 aromatic rings. The van der Waals surface area contributed by atoms with E-state index in [4.69, 9.17) is 0 Å². The molecule has 2 aromatic heterocycles. The second kappa shape index (κ2) is 7.05. The number of rotatable bonds is 7. The van der Waals surface area contributed by atoms with E-state index in [1.807, 2.05) is 37.3 Å². The molecule has 0 fully saturated rings. The number of aryl methyl sites for hydroxylation is 1. The molecule has 5 nitrogen and oxygen atoms in total. The summed E-state index contributed by atoms with van der Waals surface area (Å²) >= 11 is 0. The number of imidazole rings is 1. The number of aromatic nitrogens is 3. The Hall–Kier alpha value is -1.88. The van der Waals surface area contributed by atoms with Gasteiger partial charge >= 0.3 is 0 Å². The molecule has 0 atom stereocenters. The Kier molecular flexibility index (Phi) is 5.12. The zero-order chi connectivity index (χ0) is 14.4. The number of hydrogen-bond acceptors (Lipinski definition) is 4. The van der Waals surface area contributed by atoms with Gasteiger partial charge in [0.05, 0.1) is 6.54 Å². The summed E-state index contributed by atoms with van der Waals surface area (Å²) in [4.78, 5) is 11.0. The lowest BCUT2D eigenvalue weighted by Gasteiger charge is -2.18. The van der Waals surface area contributed by atoms with E-state index in [9.17, 15) is 0 Å². The maximum atomic E-state index is 4.52. The molecule has 5 heteroatoms. The van der Waals surface area contributed by atoms with E-state index in [1.165, 1.54) is 5.56 Å². The number of nitrogens with zero attached hydrogens (tertiary/aromatic N) is 4. The normalized spacial score (nSPS) is 10.8. The molecular formula is C15H23N5. The van der Waals surface area contributed by atoms with Crippen LogP contribution in [0.3, 0.4) is 0 Å². The lowest BCUT2D eigenvalue weighted by Crippen LogP contribution is -2.20. The van der Waals surface area contributed by atoms with E-state index in [-0.39, 0.29) is 0 Å². The number of hydrogen-bond donors (Lipinski definition) is 1. The fraction of sp³-hybridized carbons (Fsp3) is 0.467. The van der Waals surface area contributed by atoms with Gasteiger partial charge in [-0.15, -0.1) is 0 Å². The van der Waals surface area contributed by atoms with Crippen molar-refractivity contribution in [3.8, 4) is 0 Å². The van der Waals surface area contributed by atoms with Gasteiger partial charge in [0, 0.05) is 39.2 Å². The average molecular weight is 273 g/mol. The Morgan fingerprint density at radius 1 is 1.30 bits per heavy atom. The molecule has 2 rings (SSSR count). The molecule has 0 aliphatic rings. The summed E-state index contributed by atoms with van der Waals surface area (Å²) < 4.78 is 2.03. The van der Waals surface area contributed by atoms with Gasteiger partial charge in [0.2, 0.25) is 0 Å². The van der Waals surface area contributed by atoms with Crippen molar-refractivity contribution in [2.75, 3.05) is 18.5 Å². The summed E-state index contributed by atoms with van der Waals surface area (Å²) in [5.74, 6) is 2.00. The quantitative estimate of drug-likeness (QED) is 0.783. The first-order valence-corrected chi connectivity index (χ1v) is 7.03. The predicted molar refractivity (Wildman–Crippen MR) is 81.5 cm³/mol. The van der Waals surface area contributed by atoms with Gasteiger partial charge in [-0.3, -0.25) is 0 Å². The van der Waals surface area contributed by atoms with Crippen LogP contribution in [-0.2, 0) is 20.1 Å². The van der Waals surface area contributed by atoms with Crippen molar-refractivity contribution in [3.63, 3.8) is 0 Å². The van der Waals surface area contributed by atoms with Gasteiger partial charge in [0.15, 0.2) is 0 Å². The highest BCUT2D eigenvalue weighted by Gasteiger charge is 2.06. The summed E-state index contributed by atoms with van der Waals surface area (Å²) in [5, 5.41) is 3.38. The number of nitrogens with one attached hydrogen (secondary N) is 1. The van der Waals surface area contributed by atoms with Crippen molar-refractivity contribution in [1.29, 1.82) is 0 Å². The Balaban J connectivity index is 1.93. The van der Waals surface area contributed by atoms with E-state index in [0.29, 0.717) is 0 Å². The van der Waals surface area contributed by atoms with E-state index in [1.54, 1.807) is 0 Å². The molecule has 20 heavy (non-hydrogen) atoms. The largest absolute Gasteiger partial charge is 0.352 e.